The van der Waals surface area contributed by atoms with Crippen LogP contribution in [-0.2, 0) is 4.74 Å². The van der Waals surface area contributed by atoms with Gasteiger partial charge in [0.15, 0.2) is 5.69 Å². The van der Waals surface area contributed by atoms with Crippen LogP contribution in [0.4, 0.5) is 5.82 Å². The Morgan fingerprint density at radius 2 is 2.06 bits per heavy atom. The number of carbonyl (C=O) groups excluding carboxylic acids is 1. The molecule has 1 rings (SSSR count). The van der Waals surface area contributed by atoms with Crippen LogP contribution in [0, 0.1) is 0 Å². The van der Waals surface area contributed by atoms with Crippen LogP contribution in [0.5, 0.6) is 0 Å². The minimum atomic E-state index is -0.461. The van der Waals surface area contributed by atoms with Crippen molar-refractivity contribution in [2.75, 3.05) is 19.1 Å². The van der Waals surface area contributed by atoms with Gasteiger partial charge in [0.05, 0.1) is 19.5 Å². The van der Waals surface area contributed by atoms with Gasteiger partial charge in [0.25, 0.3) is 0 Å². The van der Waals surface area contributed by atoms with E-state index in [9.17, 15) is 4.79 Å². The Hall–Kier alpha value is -1.65. The van der Waals surface area contributed by atoms with Gasteiger partial charge in [-0.15, -0.1) is 0 Å². The van der Waals surface area contributed by atoms with Crippen molar-refractivity contribution in [2.24, 2.45) is 0 Å². The van der Waals surface area contributed by atoms with Crippen molar-refractivity contribution in [3.8, 4) is 0 Å². The van der Waals surface area contributed by atoms with E-state index < -0.39 is 5.97 Å². The summed E-state index contributed by atoms with van der Waals surface area (Å²) in [6.45, 7) is 4.25. The molecule has 0 spiro atoms. The first kappa shape index (κ1) is 13.4. The maximum atomic E-state index is 11.4. The number of ether oxygens (including phenoxy) is 1. The highest BCUT2D eigenvalue weighted by atomic mass is 16.5. The van der Waals surface area contributed by atoms with Crippen molar-refractivity contribution in [1.82, 2.24) is 9.97 Å². The van der Waals surface area contributed by atoms with Gasteiger partial charge < -0.3 is 9.64 Å². The van der Waals surface area contributed by atoms with Crippen LogP contribution in [0.3, 0.4) is 0 Å². The lowest BCUT2D eigenvalue weighted by Gasteiger charge is -2.27. The van der Waals surface area contributed by atoms with E-state index in [1.54, 1.807) is 6.20 Å². The minimum absolute atomic E-state index is 0.239. The molecule has 0 amide bonds. The molecule has 5 nitrogen and oxygen atoms in total. The molecule has 1 aromatic heterocycles. The van der Waals surface area contributed by atoms with Crippen LogP contribution in [0.2, 0.25) is 0 Å². The van der Waals surface area contributed by atoms with E-state index in [-0.39, 0.29) is 5.69 Å². The summed E-state index contributed by atoms with van der Waals surface area (Å²) >= 11 is 0. The number of aromatic nitrogens is 2. The monoisotopic (exact) mass is 237 g/mol. The Bertz CT molecular complexity index is 378. The fourth-order valence-electron chi connectivity index (χ4n) is 1.75. The van der Waals surface area contributed by atoms with E-state index in [0.717, 1.165) is 12.8 Å². The highest BCUT2D eigenvalue weighted by molar-refractivity contribution is 5.87. The quantitative estimate of drug-likeness (QED) is 0.732. The second kappa shape index (κ2) is 6.18. The molecule has 5 heteroatoms. The van der Waals surface area contributed by atoms with Crippen molar-refractivity contribution in [3.05, 3.63) is 18.1 Å². The third-order valence-electron chi connectivity index (χ3n) is 2.87. The normalized spacial score (nSPS) is 10.4. The average molecular weight is 237 g/mol. The molecule has 0 radical (unpaired) electrons. The number of nitrogens with zero attached hydrogens (tertiary/aromatic N) is 3. The third-order valence-corrected chi connectivity index (χ3v) is 2.87. The van der Waals surface area contributed by atoms with Crippen molar-refractivity contribution in [1.29, 1.82) is 0 Å². The van der Waals surface area contributed by atoms with Gasteiger partial charge >= 0.3 is 5.97 Å². The molecular weight excluding hydrogens is 218 g/mol. The maximum absolute atomic E-state index is 11.4. The summed E-state index contributed by atoms with van der Waals surface area (Å²) in [4.78, 5) is 21.7. The molecule has 0 unspecified atom stereocenters. The van der Waals surface area contributed by atoms with Gasteiger partial charge in [-0.1, -0.05) is 13.8 Å². The summed E-state index contributed by atoms with van der Waals surface area (Å²) in [7, 11) is 3.30. The van der Waals surface area contributed by atoms with Crippen LogP contribution in [0.25, 0.3) is 0 Å². The largest absolute Gasteiger partial charge is 0.464 e. The molecule has 0 aliphatic carbocycles. The van der Waals surface area contributed by atoms with Crippen molar-refractivity contribution in [2.45, 2.75) is 32.7 Å². The summed E-state index contributed by atoms with van der Waals surface area (Å²) in [5.41, 5.74) is 0.239. The Balaban J connectivity index is 2.94. The number of hydrogen-bond acceptors (Lipinski definition) is 5. The van der Waals surface area contributed by atoms with E-state index in [2.05, 4.69) is 28.6 Å². The van der Waals surface area contributed by atoms with Gasteiger partial charge in [0.1, 0.15) is 5.82 Å². The lowest BCUT2D eigenvalue weighted by molar-refractivity contribution is 0.0593. The zero-order chi connectivity index (χ0) is 12.8. The first-order valence-corrected chi connectivity index (χ1v) is 5.77. The summed E-state index contributed by atoms with van der Waals surface area (Å²) in [5, 5.41) is 0. The lowest BCUT2D eigenvalue weighted by Crippen LogP contribution is -2.31. The molecular formula is C12H19N3O2. The highest BCUT2D eigenvalue weighted by Crippen LogP contribution is 2.15. The van der Waals surface area contributed by atoms with Gasteiger partial charge in [-0.3, -0.25) is 4.98 Å². The number of anilines is 1. The smallest absolute Gasteiger partial charge is 0.358 e. The summed E-state index contributed by atoms with van der Waals surface area (Å²) in [6.07, 6.45) is 5.12. The summed E-state index contributed by atoms with van der Waals surface area (Å²) in [6, 6.07) is 0.400. The number of esters is 1. The Morgan fingerprint density at radius 1 is 1.41 bits per heavy atom. The molecule has 0 aliphatic heterocycles. The molecule has 0 fully saturated rings. The van der Waals surface area contributed by atoms with Crippen LogP contribution in [0.15, 0.2) is 12.4 Å². The average Bonchev–Trinajstić information content (AvgIpc) is 2.39. The molecule has 94 valence electrons. The predicted octanol–water partition coefficient (Wildman–Crippen LogP) is 1.89. The SMILES string of the molecule is CCC(CC)N(C)c1cncc(C(=O)OC)n1. The van der Waals surface area contributed by atoms with E-state index in [4.69, 9.17) is 0 Å². The van der Waals surface area contributed by atoms with Crippen LogP contribution < -0.4 is 4.90 Å². The van der Waals surface area contributed by atoms with Gasteiger partial charge in [0, 0.05) is 13.1 Å². The fourth-order valence-corrected chi connectivity index (χ4v) is 1.75. The molecule has 0 saturated carbocycles. The number of hydrogen-bond donors (Lipinski definition) is 0. The fraction of sp³-hybridized carbons (Fsp3) is 0.583. The second-order valence-electron chi connectivity index (χ2n) is 3.84. The number of carbonyl (C=O) groups is 1. The number of methoxy groups -OCH3 is 1. The first-order valence-electron chi connectivity index (χ1n) is 5.77. The zero-order valence-electron chi connectivity index (χ0n) is 10.8. The summed E-state index contributed by atoms with van der Waals surface area (Å²) < 4.78 is 4.62. The predicted molar refractivity (Wildman–Crippen MR) is 66.1 cm³/mol. The third kappa shape index (κ3) is 3.15. The highest BCUT2D eigenvalue weighted by Gasteiger charge is 2.15. The first-order chi connectivity index (χ1) is 8.13. The van der Waals surface area contributed by atoms with Crippen molar-refractivity contribution >= 4 is 11.8 Å². The van der Waals surface area contributed by atoms with Crippen LogP contribution >= 0.6 is 0 Å². The topological polar surface area (TPSA) is 55.3 Å². The van der Waals surface area contributed by atoms with Crippen LogP contribution in [-0.4, -0.2) is 36.1 Å². The molecule has 0 aliphatic rings. The molecule has 0 atom stereocenters. The van der Waals surface area contributed by atoms with E-state index >= 15 is 0 Å². The van der Waals surface area contributed by atoms with E-state index in [0.29, 0.717) is 11.9 Å². The molecule has 0 N–H and O–H groups in total. The summed E-state index contributed by atoms with van der Waals surface area (Å²) in [5.74, 6) is 0.235. The Morgan fingerprint density at radius 3 is 2.59 bits per heavy atom. The number of rotatable bonds is 5. The standard InChI is InChI=1S/C12H19N3O2/c1-5-9(6-2)15(3)11-8-13-7-10(14-11)12(16)17-4/h7-9H,5-6H2,1-4H3. The van der Waals surface area contributed by atoms with Crippen molar-refractivity contribution in [3.63, 3.8) is 0 Å². The minimum Gasteiger partial charge on any atom is -0.464 e. The molecule has 1 aromatic rings. The molecule has 17 heavy (non-hydrogen) atoms. The Kier molecular flexibility index (Phi) is 4.87. The second-order valence-corrected chi connectivity index (χ2v) is 3.84. The van der Waals surface area contributed by atoms with E-state index in [1.165, 1.54) is 13.3 Å². The van der Waals surface area contributed by atoms with Gasteiger partial charge in [-0.05, 0) is 12.8 Å². The maximum Gasteiger partial charge on any atom is 0.358 e. The zero-order valence-corrected chi connectivity index (χ0v) is 10.8. The molecule has 1 heterocycles. The Labute approximate surface area is 102 Å². The van der Waals surface area contributed by atoms with E-state index in [1.807, 2.05) is 11.9 Å². The van der Waals surface area contributed by atoms with Gasteiger partial charge in [-0.2, -0.15) is 0 Å². The van der Waals surface area contributed by atoms with Crippen molar-refractivity contribution < 1.29 is 9.53 Å². The van der Waals surface area contributed by atoms with Gasteiger partial charge in [0.2, 0.25) is 0 Å². The molecule has 0 saturated heterocycles. The lowest BCUT2D eigenvalue weighted by atomic mass is 10.1. The molecule has 0 aromatic carbocycles. The van der Waals surface area contributed by atoms with Crippen LogP contribution in [0.1, 0.15) is 37.2 Å². The van der Waals surface area contributed by atoms with Gasteiger partial charge in [-0.25, -0.2) is 9.78 Å². The molecule has 0 bridgehead atoms.